The molecule has 39 heavy (non-hydrogen) atoms. The molecule has 2 heterocycles. The Morgan fingerprint density at radius 3 is 1.72 bits per heavy atom. The molecule has 5 heteroatoms. The lowest BCUT2D eigenvalue weighted by atomic mass is 10.0. The van der Waals surface area contributed by atoms with Gasteiger partial charge in [0.25, 0.3) is 0 Å². The third-order valence-corrected chi connectivity index (χ3v) is 6.90. The third kappa shape index (κ3) is 4.36. The zero-order valence-corrected chi connectivity index (χ0v) is 21.0. The maximum absolute atomic E-state index is 8.35. The molecule has 0 fully saturated rings. The van der Waals surface area contributed by atoms with Gasteiger partial charge in [-0.2, -0.15) is 0 Å². The van der Waals surface area contributed by atoms with Crippen LogP contribution in [0, 0.1) is 5.41 Å². The van der Waals surface area contributed by atoms with Gasteiger partial charge in [-0.15, -0.1) is 0 Å². The van der Waals surface area contributed by atoms with Gasteiger partial charge in [-0.25, -0.2) is 15.0 Å². The molecule has 2 N–H and O–H groups in total. The van der Waals surface area contributed by atoms with E-state index in [1.807, 2.05) is 60.7 Å². The van der Waals surface area contributed by atoms with Gasteiger partial charge < -0.3 is 10.7 Å². The molecule has 0 amide bonds. The van der Waals surface area contributed by atoms with E-state index in [0.29, 0.717) is 23.2 Å². The molecule has 0 atom stereocenters. The van der Waals surface area contributed by atoms with Crippen molar-refractivity contribution in [3.63, 3.8) is 0 Å². The van der Waals surface area contributed by atoms with Gasteiger partial charge in [0, 0.05) is 22.4 Å². The van der Waals surface area contributed by atoms with Crippen molar-refractivity contribution in [1.82, 2.24) is 20.3 Å². The first-order chi connectivity index (χ1) is 19.2. The number of fused-ring (bicyclic) bond motifs is 2. The Kier molecular flexibility index (Phi) is 5.52. The monoisotopic (exact) mass is 501 g/mol. The SMILES string of the molecule is N=C1C=CC=C/C1=C1\C=CC=C(c2nc(-c3ccc4ccccc4c3)nc(-c3ccc4ccccc4c3)n2)N1. The first-order valence-electron chi connectivity index (χ1n) is 12.8. The number of allylic oxidation sites excluding steroid dienone is 8. The van der Waals surface area contributed by atoms with Crippen LogP contribution in [0.1, 0.15) is 5.82 Å². The molecule has 0 radical (unpaired) electrons. The number of benzene rings is 4. The van der Waals surface area contributed by atoms with Crippen LogP contribution in [0.5, 0.6) is 0 Å². The van der Waals surface area contributed by atoms with Crippen molar-refractivity contribution in [2.75, 3.05) is 0 Å². The fraction of sp³-hybridized carbons (Fsp3) is 0. The average Bonchev–Trinajstić information content (AvgIpc) is 3.00. The van der Waals surface area contributed by atoms with E-state index in [1.54, 1.807) is 6.08 Å². The van der Waals surface area contributed by atoms with Crippen molar-refractivity contribution >= 4 is 33.0 Å². The largest absolute Gasteiger partial charge is 0.352 e. The van der Waals surface area contributed by atoms with Crippen molar-refractivity contribution < 1.29 is 0 Å². The minimum atomic E-state index is 0.454. The number of hydrogen-bond acceptors (Lipinski definition) is 5. The van der Waals surface area contributed by atoms with Gasteiger partial charge in [-0.1, -0.05) is 97.1 Å². The highest BCUT2D eigenvalue weighted by Crippen LogP contribution is 2.28. The molecule has 1 aromatic heterocycles. The van der Waals surface area contributed by atoms with Crippen LogP contribution in [-0.4, -0.2) is 20.7 Å². The summed E-state index contributed by atoms with van der Waals surface area (Å²) in [7, 11) is 0. The van der Waals surface area contributed by atoms with Crippen molar-refractivity contribution in [2.45, 2.75) is 0 Å². The van der Waals surface area contributed by atoms with Crippen LogP contribution in [0.25, 0.3) is 50.0 Å². The summed E-state index contributed by atoms with van der Waals surface area (Å²) in [6, 6.07) is 29.1. The summed E-state index contributed by atoms with van der Waals surface area (Å²) in [5.41, 5.74) is 4.70. The standard InChI is InChI=1S/C34H23N5/c35-29-13-6-5-12-28(29)30-14-7-15-31(36-30)34-38-32(26-18-16-22-8-1-3-10-24(22)20-26)37-33(39-34)27-19-17-23-9-2-4-11-25(23)21-27/h1-21,35-36H/b30-28-,35-29?. The topological polar surface area (TPSA) is 74.5 Å². The summed E-state index contributed by atoms with van der Waals surface area (Å²) in [6.07, 6.45) is 13.4. The normalized spacial score (nSPS) is 16.5. The molecule has 0 saturated carbocycles. The average molecular weight is 502 g/mol. The zero-order chi connectivity index (χ0) is 26.2. The second-order valence-corrected chi connectivity index (χ2v) is 9.45. The molecule has 7 rings (SSSR count). The van der Waals surface area contributed by atoms with Crippen LogP contribution >= 0.6 is 0 Å². The van der Waals surface area contributed by atoms with E-state index < -0.39 is 0 Å². The summed E-state index contributed by atoms with van der Waals surface area (Å²) < 4.78 is 0. The Bertz CT molecular complexity index is 1860. The van der Waals surface area contributed by atoms with Gasteiger partial charge in [0.15, 0.2) is 17.5 Å². The van der Waals surface area contributed by atoms with E-state index in [0.717, 1.165) is 38.9 Å². The fourth-order valence-electron chi connectivity index (χ4n) is 4.89. The molecule has 4 aromatic carbocycles. The maximum atomic E-state index is 8.35. The molecule has 0 spiro atoms. The minimum Gasteiger partial charge on any atom is -0.352 e. The predicted octanol–water partition coefficient (Wildman–Crippen LogP) is 7.41. The molecule has 0 saturated heterocycles. The summed E-state index contributed by atoms with van der Waals surface area (Å²) in [6.45, 7) is 0. The lowest BCUT2D eigenvalue weighted by molar-refractivity contribution is 0.988. The number of rotatable bonds is 3. The second kappa shape index (κ2) is 9.47. The molecule has 0 bridgehead atoms. The van der Waals surface area contributed by atoms with Crippen LogP contribution < -0.4 is 5.32 Å². The maximum Gasteiger partial charge on any atom is 0.180 e. The van der Waals surface area contributed by atoms with Gasteiger partial charge in [-0.3, -0.25) is 0 Å². The van der Waals surface area contributed by atoms with E-state index in [1.165, 1.54) is 10.8 Å². The first kappa shape index (κ1) is 22.8. The molecule has 2 aliphatic rings. The Hall–Kier alpha value is -5.42. The number of nitrogens with zero attached hydrogens (tertiary/aromatic N) is 3. The summed E-state index contributed by atoms with van der Waals surface area (Å²) >= 11 is 0. The predicted molar refractivity (Wildman–Crippen MR) is 159 cm³/mol. The Morgan fingerprint density at radius 2 is 1.10 bits per heavy atom. The Balaban J connectivity index is 1.38. The summed E-state index contributed by atoms with van der Waals surface area (Å²) in [5.74, 6) is 1.75. The highest BCUT2D eigenvalue weighted by molar-refractivity contribution is 6.10. The number of dihydropyridines is 1. The van der Waals surface area contributed by atoms with E-state index in [4.69, 9.17) is 20.4 Å². The molecule has 5 nitrogen and oxygen atoms in total. The fourth-order valence-corrected chi connectivity index (χ4v) is 4.89. The lowest BCUT2D eigenvalue weighted by Gasteiger charge is -2.18. The Labute approximate surface area is 225 Å². The van der Waals surface area contributed by atoms with Gasteiger partial charge in [0.2, 0.25) is 0 Å². The van der Waals surface area contributed by atoms with Crippen molar-refractivity contribution in [3.05, 3.63) is 145 Å². The van der Waals surface area contributed by atoms with E-state index in [9.17, 15) is 0 Å². The summed E-state index contributed by atoms with van der Waals surface area (Å²) in [4.78, 5) is 14.8. The van der Waals surface area contributed by atoms with Crippen LogP contribution in [0.4, 0.5) is 0 Å². The third-order valence-electron chi connectivity index (χ3n) is 6.90. The van der Waals surface area contributed by atoms with Crippen LogP contribution in [-0.2, 0) is 0 Å². The van der Waals surface area contributed by atoms with E-state index in [-0.39, 0.29) is 0 Å². The van der Waals surface area contributed by atoms with Gasteiger partial charge in [0.05, 0.1) is 11.4 Å². The smallest absolute Gasteiger partial charge is 0.180 e. The van der Waals surface area contributed by atoms with Crippen molar-refractivity contribution in [3.8, 4) is 22.8 Å². The number of nitrogens with one attached hydrogen (secondary N) is 2. The minimum absolute atomic E-state index is 0.454. The van der Waals surface area contributed by atoms with Gasteiger partial charge >= 0.3 is 0 Å². The van der Waals surface area contributed by atoms with Crippen LogP contribution in [0.15, 0.2) is 139 Å². The van der Waals surface area contributed by atoms with E-state index in [2.05, 4.69) is 66.0 Å². The summed E-state index contributed by atoms with van der Waals surface area (Å²) in [5, 5.41) is 16.4. The first-order valence-corrected chi connectivity index (χ1v) is 12.8. The molecular weight excluding hydrogens is 478 g/mol. The number of hydrogen-bond donors (Lipinski definition) is 2. The highest BCUT2D eigenvalue weighted by atomic mass is 15.1. The quantitative estimate of drug-likeness (QED) is 0.270. The van der Waals surface area contributed by atoms with Crippen LogP contribution in [0.2, 0.25) is 0 Å². The molecule has 184 valence electrons. The number of aromatic nitrogens is 3. The van der Waals surface area contributed by atoms with Gasteiger partial charge in [-0.05, 0) is 51.9 Å². The highest BCUT2D eigenvalue weighted by Gasteiger charge is 2.18. The van der Waals surface area contributed by atoms with Crippen molar-refractivity contribution in [1.29, 1.82) is 5.41 Å². The Morgan fingerprint density at radius 1 is 0.538 bits per heavy atom. The molecular formula is C34H23N5. The van der Waals surface area contributed by atoms with Crippen LogP contribution in [0.3, 0.4) is 0 Å². The van der Waals surface area contributed by atoms with Gasteiger partial charge in [0.1, 0.15) is 0 Å². The zero-order valence-electron chi connectivity index (χ0n) is 21.0. The molecule has 1 aliphatic heterocycles. The van der Waals surface area contributed by atoms with E-state index >= 15 is 0 Å². The molecule has 5 aromatic rings. The lowest BCUT2D eigenvalue weighted by Crippen LogP contribution is -2.19. The molecule has 1 aliphatic carbocycles. The van der Waals surface area contributed by atoms with Crippen molar-refractivity contribution in [2.24, 2.45) is 0 Å². The second-order valence-electron chi connectivity index (χ2n) is 9.45. The molecule has 0 unspecified atom stereocenters.